The quantitative estimate of drug-likeness (QED) is 0.176. The predicted molar refractivity (Wildman–Crippen MR) is 199 cm³/mol. The fraction of sp³-hybridized carbons (Fsp3) is 0.381. The van der Waals surface area contributed by atoms with Gasteiger partial charge in [0.05, 0.1) is 39.7 Å². The first-order valence-electron chi connectivity index (χ1n) is 17.3. The van der Waals surface area contributed by atoms with Crippen LogP contribution in [-0.4, -0.2) is 32.6 Å². The topological polar surface area (TPSA) is 118 Å². The van der Waals surface area contributed by atoms with Gasteiger partial charge in [-0.25, -0.2) is 9.78 Å². The standard InChI is InChI=1S/C29H35N3.C13H16O4.Co/c1-18(2)24-14-9-12-20(5)28(24)30-22(7)26-16-11-17-27(32-26)23(8)31-29-21(6)13-10-15-25(29)19(3)4;14-10-7-6-9(8-4-2-1-3-5-8)11(12(10)15)13(16)17;/h9-19H,1-8H3;6-8,14-15H,1-5H2,(H,16,17);/p-1. The summed E-state index contributed by atoms with van der Waals surface area (Å²) in [5.41, 5.74) is 10.9. The molecule has 8 heteroatoms. The van der Waals surface area contributed by atoms with Gasteiger partial charge >= 0.3 is 5.97 Å². The van der Waals surface area contributed by atoms with Gasteiger partial charge in [0.25, 0.3) is 0 Å². The van der Waals surface area contributed by atoms with E-state index in [0.29, 0.717) is 17.4 Å². The average molecular weight is 720 g/mol. The van der Waals surface area contributed by atoms with E-state index in [9.17, 15) is 15.0 Å². The molecule has 0 amide bonds. The third kappa shape index (κ3) is 9.70. The van der Waals surface area contributed by atoms with E-state index in [2.05, 4.69) is 77.9 Å². The fourth-order valence-electron chi connectivity index (χ4n) is 6.45. The number of pyridine rings is 1. The first kappa shape index (κ1) is 40.2. The van der Waals surface area contributed by atoms with Crippen molar-refractivity contribution >= 4 is 28.8 Å². The van der Waals surface area contributed by atoms with Gasteiger partial charge in [0.2, 0.25) is 0 Å². The van der Waals surface area contributed by atoms with E-state index in [0.717, 1.165) is 59.9 Å². The van der Waals surface area contributed by atoms with Gasteiger partial charge in [-0.1, -0.05) is 101 Å². The number of hydrogen-bond acceptors (Lipinski definition) is 6. The van der Waals surface area contributed by atoms with E-state index in [1.54, 1.807) is 6.07 Å². The van der Waals surface area contributed by atoms with Crippen LogP contribution in [0.3, 0.4) is 0 Å². The molecule has 1 aliphatic carbocycles. The molecule has 0 bridgehead atoms. The molecule has 267 valence electrons. The number of nitrogens with zero attached hydrogens (tertiary/aromatic N) is 3. The molecular weight excluding hydrogens is 669 g/mol. The van der Waals surface area contributed by atoms with Crippen LogP contribution < -0.4 is 5.11 Å². The molecule has 2 N–H and O–H groups in total. The van der Waals surface area contributed by atoms with Crippen LogP contribution in [0.5, 0.6) is 11.5 Å². The number of aromatic hydroxyl groups is 1. The Hall–Kier alpha value is -4.27. The van der Waals surface area contributed by atoms with Crippen molar-refractivity contribution in [2.24, 2.45) is 9.98 Å². The van der Waals surface area contributed by atoms with Crippen molar-refractivity contribution in [1.82, 2.24) is 4.98 Å². The number of phenols is 1. The Morgan fingerprint density at radius 3 is 1.66 bits per heavy atom. The summed E-state index contributed by atoms with van der Waals surface area (Å²) in [7, 11) is 0. The summed E-state index contributed by atoms with van der Waals surface area (Å²) in [5.74, 6) is -1.52. The third-order valence-electron chi connectivity index (χ3n) is 9.26. The number of carboxylic acids is 1. The molecule has 1 radical (unpaired) electrons. The van der Waals surface area contributed by atoms with Crippen LogP contribution >= 0.6 is 0 Å². The van der Waals surface area contributed by atoms with Gasteiger partial charge in [0.1, 0.15) is 5.75 Å². The summed E-state index contributed by atoms with van der Waals surface area (Å²) in [6, 6.07) is 21.8. The van der Waals surface area contributed by atoms with Crippen molar-refractivity contribution < 1.29 is 36.9 Å². The number of aromatic nitrogens is 1. The summed E-state index contributed by atoms with van der Waals surface area (Å²) in [6.45, 7) is 17.1. The van der Waals surface area contributed by atoms with Gasteiger partial charge < -0.3 is 15.3 Å². The van der Waals surface area contributed by atoms with Crippen molar-refractivity contribution in [3.8, 4) is 11.5 Å². The Labute approximate surface area is 307 Å². The van der Waals surface area contributed by atoms with Crippen LogP contribution in [-0.2, 0) is 16.8 Å². The summed E-state index contributed by atoms with van der Waals surface area (Å²) >= 11 is 0. The zero-order chi connectivity index (χ0) is 35.8. The van der Waals surface area contributed by atoms with Crippen LogP contribution in [0.2, 0.25) is 0 Å². The number of aliphatic imine (C=N–C) groups is 2. The maximum absolute atomic E-state index is 11.6. The normalized spacial score (nSPS) is 13.9. The SMILES string of the molecule is CC(=Nc1c(C)cccc1C(C)C)c1cccc(C(C)=Nc2c(C)cccc2C(C)C)n1.O=C(O)c1c(C2CCCCC2)ccc(O)c1[O-].[Co]. The van der Waals surface area contributed by atoms with E-state index in [4.69, 9.17) is 20.1 Å². The van der Waals surface area contributed by atoms with Crippen molar-refractivity contribution in [2.75, 3.05) is 0 Å². The number of aryl methyl sites for hydroxylation is 2. The van der Waals surface area contributed by atoms with Gasteiger partial charge in [-0.2, -0.15) is 0 Å². The van der Waals surface area contributed by atoms with Gasteiger partial charge in [-0.05, 0) is 104 Å². The molecule has 1 aliphatic rings. The van der Waals surface area contributed by atoms with E-state index in [1.165, 1.54) is 34.7 Å². The fourth-order valence-corrected chi connectivity index (χ4v) is 6.45. The molecule has 1 heterocycles. The molecule has 5 rings (SSSR count). The molecule has 0 atom stereocenters. The molecule has 1 fully saturated rings. The van der Waals surface area contributed by atoms with E-state index >= 15 is 0 Å². The van der Waals surface area contributed by atoms with E-state index in [-0.39, 0.29) is 28.3 Å². The summed E-state index contributed by atoms with van der Waals surface area (Å²) in [5, 5.41) is 30.0. The van der Waals surface area contributed by atoms with Gasteiger partial charge in [-0.3, -0.25) is 9.98 Å². The molecule has 0 unspecified atom stereocenters. The number of para-hydroxylation sites is 2. The Balaban J connectivity index is 0.000000316. The minimum atomic E-state index is -1.24. The van der Waals surface area contributed by atoms with Gasteiger partial charge in [-0.15, -0.1) is 0 Å². The van der Waals surface area contributed by atoms with Crippen molar-refractivity contribution in [1.29, 1.82) is 0 Å². The minimum absolute atomic E-state index is 0. The molecule has 1 aromatic heterocycles. The van der Waals surface area contributed by atoms with Crippen molar-refractivity contribution in [2.45, 2.75) is 105 Å². The second-order valence-corrected chi connectivity index (χ2v) is 13.7. The smallest absolute Gasteiger partial charge is 0.335 e. The number of carbonyl (C=O) groups is 1. The Bertz CT molecular complexity index is 1770. The Morgan fingerprint density at radius 2 is 1.22 bits per heavy atom. The van der Waals surface area contributed by atoms with Crippen molar-refractivity contribution in [3.63, 3.8) is 0 Å². The molecule has 0 spiro atoms. The molecule has 0 aliphatic heterocycles. The summed E-state index contributed by atoms with van der Waals surface area (Å²) in [6.07, 6.45) is 5.15. The number of aromatic carboxylic acids is 1. The minimum Gasteiger partial charge on any atom is -0.869 e. The van der Waals surface area contributed by atoms with Crippen LogP contribution in [0.1, 0.15) is 141 Å². The van der Waals surface area contributed by atoms with Crippen LogP contribution in [0.25, 0.3) is 0 Å². The molecule has 50 heavy (non-hydrogen) atoms. The monoisotopic (exact) mass is 719 g/mol. The molecule has 4 aromatic rings. The number of hydrogen-bond donors (Lipinski definition) is 2. The number of benzene rings is 3. The Kier molecular flexibility index (Phi) is 14.5. The zero-order valence-electron chi connectivity index (χ0n) is 30.5. The maximum Gasteiger partial charge on any atom is 0.335 e. The van der Waals surface area contributed by atoms with Gasteiger partial charge in [0.15, 0.2) is 0 Å². The second-order valence-electron chi connectivity index (χ2n) is 13.7. The second kappa shape index (κ2) is 18.1. The molecule has 0 saturated heterocycles. The largest absolute Gasteiger partial charge is 0.869 e. The molecule has 3 aromatic carbocycles. The van der Waals surface area contributed by atoms with Crippen LogP contribution in [0.4, 0.5) is 11.4 Å². The number of phenolic OH excluding ortho intramolecular Hbond substituents is 1. The average Bonchev–Trinajstić information content (AvgIpc) is 3.08. The van der Waals surface area contributed by atoms with Crippen LogP contribution in [0.15, 0.2) is 76.7 Å². The zero-order valence-corrected chi connectivity index (χ0v) is 31.5. The first-order valence-corrected chi connectivity index (χ1v) is 17.3. The third-order valence-corrected chi connectivity index (χ3v) is 9.26. The Morgan fingerprint density at radius 1 is 0.760 bits per heavy atom. The first-order chi connectivity index (χ1) is 23.3. The summed E-state index contributed by atoms with van der Waals surface area (Å²) in [4.78, 5) is 26.0. The van der Waals surface area contributed by atoms with Gasteiger partial charge in [0, 0.05) is 16.8 Å². The van der Waals surface area contributed by atoms with Crippen molar-refractivity contribution in [3.05, 3.63) is 111 Å². The number of carboxylic acid groups (broad SMARTS) is 1. The number of rotatable bonds is 8. The predicted octanol–water partition coefficient (Wildman–Crippen LogP) is 10.4. The molecule has 7 nitrogen and oxygen atoms in total. The summed E-state index contributed by atoms with van der Waals surface area (Å²) < 4.78 is 0. The molecular formula is C42H50CoN3O4-. The van der Waals surface area contributed by atoms with Crippen LogP contribution in [0, 0.1) is 13.8 Å². The van der Waals surface area contributed by atoms with E-state index in [1.807, 2.05) is 32.0 Å². The van der Waals surface area contributed by atoms with E-state index < -0.39 is 17.5 Å². The maximum atomic E-state index is 11.6. The molecule has 1 saturated carbocycles.